The normalized spacial score (nSPS) is 14.1. The Hall–Kier alpha value is 0.720. The second-order valence-electron chi connectivity index (χ2n) is 4.41. The van der Waals surface area contributed by atoms with E-state index in [0.717, 1.165) is 32.1 Å². The fourth-order valence-corrected chi connectivity index (χ4v) is 2.04. The first-order valence-electron chi connectivity index (χ1n) is 6.12. The second kappa shape index (κ2) is 9.72. The second-order valence-corrected chi connectivity index (χ2v) is 5.66. The summed E-state index contributed by atoms with van der Waals surface area (Å²) >= 11 is 0.612. The van der Waals surface area contributed by atoms with Crippen LogP contribution in [0.5, 0.6) is 0 Å². The maximum absolute atomic E-state index is 12.4. The van der Waals surface area contributed by atoms with Crippen molar-refractivity contribution in [3.05, 3.63) is 0 Å². The quantitative estimate of drug-likeness (QED) is 0.320. The van der Waals surface area contributed by atoms with Crippen molar-refractivity contribution in [1.82, 2.24) is 0 Å². The molecule has 0 saturated heterocycles. The van der Waals surface area contributed by atoms with Crippen LogP contribution in [0.2, 0.25) is 0 Å². The topological polar surface area (TPSA) is 0 Å². The number of alkyl halides is 4. The molecule has 0 spiro atoms. The predicted molar refractivity (Wildman–Crippen MR) is 58.3 cm³/mol. The van der Waals surface area contributed by atoms with Gasteiger partial charge in [0.05, 0.1) is 0 Å². The Labute approximate surface area is 113 Å². The molecular formula is C11H19F4Na. The predicted octanol–water partition coefficient (Wildman–Crippen LogP) is 4.52. The summed E-state index contributed by atoms with van der Waals surface area (Å²) in [6, 6.07) is 0. The van der Waals surface area contributed by atoms with Crippen molar-refractivity contribution >= 4 is 27.9 Å². The van der Waals surface area contributed by atoms with Crippen LogP contribution in [0.3, 0.4) is 0 Å². The van der Waals surface area contributed by atoms with Crippen molar-refractivity contribution in [1.29, 1.82) is 0 Å². The van der Waals surface area contributed by atoms with Gasteiger partial charge in [-0.2, -0.15) is 0 Å². The summed E-state index contributed by atoms with van der Waals surface area (Å²) in [6.07, 6.45) is 1.74. The zero-order valence-electron chi connectivity index (χ0n) is 9.95. The average molecular weight is 250 g/mol. The van der Waals surface area contributed by atoms with E-state index in [0.29, 0.717) is 40.8 Å². The van der Waals surface area contributed by atoms with Crippen LogP contribution in [-0.4, -0.2) is 37.5 Å². The number of rotatable bonds is 9. The monoisotopic (exact) mass is 250 g/mol. The number of hydrogen-bond acceptors (Lipinski definition) is 0. The van der Waals surface area contributed by atoms with Crippen LogP contribution in [-0.2, 0) is 0 Å². The molecule has 0 N–H and O–H groups in total. The van der Waals surface area contributed by atoms with Gasteiger partial charge in [-0.3, -0.25) is 0 Å². The van der Waals surface area contributed by atoms with Gasteiger partial charge in [-0.05, 0) is 0 Å². The Morgan fingerprint density at radius 2 is 1.25 bits per heavy atom. The first-order valence-corrected chi connectivity index (χ1v) is 7.28. The molecule has 0 nitrogen and oxygen atoms in total. The van der Waals surface area contributed by atoms with Gasteiger partial charge < -0.3 is 0 Å². The van der Waals surface area contributed by atoms with Crippen LogP contribution in [0.15, 0.2) is 0 Å². The SMILES string of the molecule is F[CH]([Na])CCCCCCCCCC(F)(F)F. The molecular weight excluding hydrogens is 231 g/mol. The van der Waals surface area contributed by atoms with Gasteiger partial charge in [0, 0.05) is 0 Å². The van der Waals surface area contributed by atoms with Gasteiger partial charge >= 0.3 is 113 Å². The van der Waals surface area contributed by atoms with Crippen molar-refractivity contribution in [2.24, 2.45) is 0 Å². The van der Waals surface area contributed by atoms with E-state index in [9.17, 15) is 17.6 Å². The van der Waals surface area contributed by atoms with Crippen LogP contribution in [0.4, 0.5) is 17.6 Å². The molecule has 0 aromatic carbocycles. The number of halogens is 4. The third-order valence-electron chi connectivity index (χ3n) is 2.56. The van der Waals surface area contributed by atoms with Crippen LogP contribution in [0, 0.1) is 0 Å². The Kier molecular flexibility index (Phi) is 10.2. The Bertz CT molecular complexity index is 157. The van der Waals surface area contributed by atoms with E-state index in [1.165, 1.54) is 0 Å². The van der Waals surface area contributed by atoms with Gasteiger partial charge in [0.15, 0.2) is 0 Å². The molecule has 1 unspecified atom stereocenters. The molecule has 5 heteroatoms. The van der Waals surface area contributed by atoms with Gasteiger partial charge in [0.25, 0.3) is 0 Å². The van der Waals surface area contributed by atoms with E-state index < -0.39 is 16.0 Å². The van der Waals surface area contributed by atoms with E-state index in [4.69, 9.17) is 0 Å². The molecule has 0 aromatic rings. The van der Waals surface area contributed by atoms with Crippen LogP contribution >= 0.6 is 0 Å². The summed E-state index contributed by atoms with van der Waals surface area (Å²) in [5.41, 5.74) is 0. The summed E-state index contributed by atoms with van der Waals surface area (Å²) in [7, 11) is 0. The molecule has 0 aliphatic rings. The summed E-state index contributed by atoms with van der Waals surface area (Å²) in [6.45, 7) is 0. The van der Waals surface area contributed by atoms with Gasteiger partial charge in [-0.15, -0.1) is 0 Å². The Morgan fingerprint density at radius 3 is 1.69 bits per heavy atom. The molecule has 0 radical (unpaired) electrons. The molecule has 1 atom stereocenters. The molecule has 0 amide bonds. The molecule has 92 valence electrons. The molecule has 0 aromatic heterocycles. The molecule has 0 fully saturated rings. The number of hydrogen-bond donors (Lipinski definition) is 0. The van der Waals surface area contributed by atoms with Crippen LogP contribution in [0.25, 0.3) is 0 Å². The van der Waals surface area contributed by atoms with Crippen molar-refractivity contribution in [2.45, 2.75) is 67.4 Å². The summed E-state index contributed by atoms with van der Waals surface area (Å²) in [5.74, 6) is 0. The summed E-state index contributed by atoms with van der Waals surface area (Å²) in [5, 5.41) is 0. The zero-order chi connectivity index (χ0) is 12.4. The van der Waals surface area contributed by atoms with E-state index >= 15 is 0 Å². The Balaban J connectivity index is 3.05. The Morgan fingerprint density at radius 1 is 0.812 bits per heavy atom. The zero-order valence-corrected chi connectivity index (χ0v) is 12.0. The minimum atomic E-state index is -4.00. The standard InChI is InChI=1S/C11H19F4.Na/c12-10-8-6-4-2-1-3-5-7-9-11(13,14)15;/h10H,1-9H2;. The first kappa shape index (κ1) is 16.7. The van der Waals surface area contributed by atoms with Gasteiger partial charge in [-0.25, -0.2) is 0 Å². The van der Waals surface area contributed by atoms with E-state index in [1.54, 1.807) is 0 Å². The van der Waals surface area contributed by atoms with E-state index in [-0.39, 0.29) is 6.42 Å². The third kappa shape index (κ3) is 14.7. The maximum atomic E-state index is 12.4. The van der Waals surface area contributed by atoms with E-state index in [1.807, 2.05) is 0 Å². The van der Waals surface area contributed by atoms with Gasteiger partial charge in [0.2, 0.25) is 0 Å². The summed E-state index contributed by atoms with van der Waals surface area (Å²) < 4.78 is 47.2. The minimum absolute atomic E-state index is 0.247. The molecule has 0 saturated carbocycles. The van der Waals surface area contributed by atoms with Gasteiger partial charge in [0.1, 0.15) is 0 Å². The van der Waals surface area contributed by atoms with Crippen molar-refractivity contribution in [3.63, 3.8) is 0 Å². The fraction of sp³-hybridized carbons (Fsp3) is 1.00. The van der Waals surface area contributed by atoms with E-state index in [2.05, 4.69) is 0 Å². The fourth-order valence-electron chi connectivity index (χ4n) is 1.63. The molecule has 16 heavy (non-hydrogen) atoms. The number of unbranched alkanes of at least 4 members (excludes halogenated alkanes) is 6. The van der Waals surface area contributed by atoms with Crippen molar-refractivity contribution in [3.8, 4) is 0 Å². The van der Waals surface area contributed by atoms with Gasteiger partial charge in [-0.1, -0.05) is 0 Å². The van der Waals surface area contributed by atoms with Crippen LogP contribution in [0.1, 0.15) is 57.8 Å². The molecule has 0 aliphatic heterocycles. The third-order valence-corrected chi connectivity index (χ3v) is 3.14. The van der Waals surface area contributed by atoms with Crippen molar-refractivity contribution in [2.75, 3.05) is 0 Å². The molecule has 0 bridgehead atoms. The molecule has 0 rings (SSSR count). The first-order chi connectivity index (χ1) is 7.42. The summed E-state index contributed by atoms with van der Waals surface area (Å²) in [4.78, 5) is 0. The van der Waals surface area contributed by atoms with Crippen molar-refractivity contribution < 1.29 is 17.6 Å². The van der Waals surface area contributed by atoms with Crippen LogP contribution < -0.4 is 0 Å². The average Bonchev–Trinajstić information content (AvgIpc) is 2.13. The molecule has 0 aliphatic carbocycles. The molecule has 0 heterocycles.